The number of fused-ring (bicyclic) bond motifs is 1. The van der Waals surface area contributed by atoms with Gasteiger partial charge in [-0.3, -0.25) is 14.9 Å². The van der Waals surface area contributed by atoms with Gasteiger partial charge < -0.3 is 14.8 Å². The van der Waals surface area contributed by atoms with Crippen LogP contribution in [0, 0.1) is 0 Å². The fourth-order valence-corrected chi connectivity index (χ4v) is 6.42. The molecule has 0 spiro atoms. The van der Waals surface area contributed by atoms with Crippen molar-refractivity contribution >= 4 is 60.7 Å². The van der Waals surface area contributed by atoms with Gasteiger partial charge in [-0.25, -0.2) is 13.4 Å². The molecule has 2 aromatic carbocycles. The molecule has 1 amide bonds. The predicted octanol–water partition coefficient (Wildman–Crippen LogP) is 4.60. The number of amides is 1. The van der Waals surface area contributed by atoms with Crippen LogP contribution in [0.15, 0.2) is 59.6 Å². The SMILES string of the molecule is O=C(O)Cc1nc(NC(=O)C(Oc2ccc3[nH]ccc3c2)c2ccc(S(=O)(=O)C3CC3)cc2)sc1Cl. The van der Waals surface area contributed by atoms with E-state index in [1.807, 2.05) is 12.1 Å². The average molecular weight is 546 g/mol. The molecule has 1 unspecified atom stereocenters. The highest BCUT2D eigenvalue weighted by Crippen LogP contribution is 2.35. The standard InChI is InChI=1S/C24H20ClN3O6S2/c25-22-19(12-20(29)30)27-24(35-22)28-23(31)21(34-15-3-8-18-14(11-15)9-10-26-18)13-1-4-16(5-2-13)36(32,33)17-6-7-17/h1-5,8-11,17,21,26H,6-7,12H2,(H,29,30)(H,27,28,31). The van der Waals surface area contributed by atoms with Crippen LogP contribution in [0.25, 0.3) is 10.9 Å². The fraction of sp³-hybridized carbons (Fsp3) is 0.208. The van der Waals surface area contributed by atoms with Crippen molar-refractivity contribution in [2.75, 3.05) is 5.32 Å². The number of aromatic nitrogens is 2. The smallest absolute Gasteiger partial charge is 0.309 e. The highest BCUT2D eigenvalue weighted by atomic mass is 35.5. The number of carbonyl (C=O) groups is 2. The fourth-order valence-electron chi connectivity index (χ4n) is 3.73. The Morgan fingerprint density at radius 1 is 1.19 bits per heavy atom. The summed E-state index contributed by atoms with van der Waals surface area (Å²) in [5, 5.41) is 12.3. The normalized spacial score (nSPS) is 14.5. The first-order chi connectivity index (χ1) is 17.2. The second kappa shape index (κ2) is 9.57. The number of rotatable bonds is 9. The van der Waals surface area contributed by atoms with Gasteiger partial charge in [-0.1, -0.05) is 35.1 Å². The minimum atomic E-state index is -3.38. The molecular weight excluding hydrogens is 526 g/mol. The molecule has 5 rings (SSSR count). The number of nitrogens with zero attached hydrogens (tertiary/aromatic N) is 1. The van der Waals surface area contributed by atoms with Crippen LogP contribution in [0.2, 0.25) is 4.34 Å². The number of carboxylic acid groups (broad SMARTS) is 1. The van der Waals surface area contributed by atoms with Crippen molar-refractivity contribution in [3.63, 3.8) is 0 Å². The molecule has 0 saturated heterocycles. The third kappa shape index (κ3) is 5.08. The minimum Gasteiger partial charge on any atom is -0.481 e. The second-order valence-electron chi connectivity index (χ2n) is 8.34. The van der Waals surface area contributed by atoms with Gasteiger partial charge in [0, 0.05) is 22.7 Å². The number of halogens is 1. The molecule has 0 aliphatic heterocycles. The summed E-state index contributed by atoms with van der Waals surface area (Å²) in [6.45, 7) is 0. The molecule has 0 radical (unpaired) electrons. The molecule has 0 bridgehead atoms. The topological polar surface area (TPSA) is 138 Å². The molecule has 1 saturated carbocycles. The second-order valence-corrected chi connectivity index (χ2v) is 12.2. The molecule has 186 valence electrons. The summed E-state index contributed by atoms with van der Waals surface area (Å²) in [4.78, 5) is 31.7. The number of nitrogens with one attached hydrogen (secondary N) is 2. The average Bonchev–Trinajstić information content (AvgIpc) is 3.52. The molecule has 3 N–H and O–H groups in total. The predicted molar refractivity (Wildman–Crippen MR) is 135 cm³/mol. The Bertz CT molecular complexity index is 1560. The highest BCUT2D eigenvalue weighted by Gasteiger charge is 2.37. The molecule has 1 aliphatic carbocycles. The van der Waals surface area contributed by atoms with Crippen molar-refractivity contribution < 1.29 is 27.9 Å². The van der Waals surface area contributed by atoms with Gasteiger partial charge in [-0.15, -0.1) is 0 Å². The monoisotopic (exact) mass is 545 g/mol. The maximum atomic E-state index is 13.3. The number of hydrogen-bond acceptors (Lipinski definition) is 7. The molecule has 12 heteroatoms. The zero-order chi connectivity index (χ0) is 25.4. The van der Waals surface area contributed by atoms with Gasteiger partial charge in [0.1, 0.15) is 10.1 Å². The van der Waals surface area contributed by atoms with Crippen LogP contribution in [0.4, 0.5) is 5.13 Å². The minimum absolute atomic E-state index is 0.129. The van der Waals surface area contributed by atoms with E-state index in [-0.39, 0.29) is 31.7 Å². The lowest BCUT2D eigenvalue weighted by Crippen LogP contribution is -2.26. The third-order valence-corrected chi connectivity index (χ3v) is 9.22. The zero-order valence-electron chi connectivity index (χ0n) is 18.6. The first-order valence-corrected chi connectivity index (χ1v) is 13.7. The number of carbonyl (C=O) groups excluding carboxylic acids is 1. The largest absolute Gasteiger partial charge is 0.481 e. The van der Waals surface area contributed by atoms with Crippen molar-refractivity contribution in [2.45, 2.75) is 35.5 Å². The van der Waals surface area contributed by atoms with Gasteiger partial charge in [0.25, 0.3) is 5.91 Å². The van der Waals surface area contributed by atoms with Gasteiger partial charge in [0.05, 0.1) is 22.3 Å². The first-order valence-electron chi connectivity index (χ1n) is 11.0. The van der Waals surface area contributed by atoms with E-state index >= 15 is 0 Å². The van der Waals surface area contributed by atoms with Crippen molar-refractivity contribution in [2.24, 2.45) is 0 Å². The number of hydrogen-bond donors (Lipinski definition) is 3. The van der Waals surface area contributed by atoms with Crippen LogP contribution >= 0.6 is 22.9 Å². The maximum absolute atomic E-state index is 13.3. The van der Waals surface area contributed by atoms with Crippen LogP contribution in [0.5, 0.6) is 5.75 Å². The van der Waals surface area contributed by atoms with Gasteiger partial charge in [0.2, 0.25) is 6.10 Å². The van der Waals surface area contributed by atoms with Crippen LogP contribution in [-0.4, -0.2) is 40.6 Å². The lowest BCUT2D eigenvalue weighted by atomic mass is 10.1. The number of anilines is 1. The van der Waals surface area contributed by atoms with E-state index in [4.69, 9.17) is 21.4 Å². The number of carboxylic acids is 1. The van der Waals surface area contributed by atoms with Crippen molar-refractivity contribution in [1.82, 2.24) is 9.97 Å². The first kappa shape index (κ1) is 24.3. The molecule has 9 nitrogen and oxygen atoms in total. The summed E-state index contributed by atoms with van der Waals surface area (Å²) in [5.41, 5.74) is 1.49. The molecule has 1 atom stereocenters. The van der Waals surface area contributed by atoms with Crippen LogP contribution in [0.1, 0.15) is 30.2 Å². The Hall–Kier alpha value is -3.41. The van der Waals surface area contributed by atoms with E-state index in [1.54, 1.807) is 30.5 Å². The van der Waals surface area contributed by atoms with Crippen molar-refractivity contribution in [1.29, 1.82) is 0 Å². The number of sulfone groups is 1. The number of ether oxygens (including phenoxy) is 1. The third-order valence-electron chi connectivity index (χ3n) is 5.69. The van der Waals surface area contributed by atoms with Crippen molar-refractivity contribution in [3.05, 3.63) is 70.3 Å². The highest BCUT2D eigenvalue weighted by molar-refractivity contribution is 7.92. The lowest BCUT2D eigenvalue weighted by molar-refractivity contribution is -0.136. The molecule has 1 aliphatic rings. The Kier molecular flexibility index (Phi) is 6.45. The lowest BCUT2D eigenvalue weighted by Gasteiger charge is -2.19. The van der Waals surface area contributed by atoms with Gasteiger partial charge in [0.15, 0.2) is 15.0 Å². The van der Waals surface area contributed by atoms with E-state index in [9.17, 15) is 18.0 Å². The van der Waals surface area contributed by atoms with Crippen molar-refractivity contribution in [3.8, 4) is 5.75 Å². The summed E-state index contributed by atoms with van der Waals surface area (Å²) in [6.07, 6.45) is 1.57. The van der Waals surface area contributed by atoms with Crippen LogP contribution in [0.3, 0.4) is 0 Å². The maximum Gasteiger partial charge on any atom is 0.309 e. The number of aliphatic carboxylic acids is 1. The number of thiazole rings is 1. The van der Waals surface area contributed by atoms with E-state index in [1.165, 1.54) is 12.1 Å². The van der Waals surface area contributed by atoms with E-state index in [0.717, 1.165) is 22.2 Å². The van der Waals surface area contributed by atoms with Gasteiger partial charge in [-0.05, 0) is 49.2 Å². The Labute approximate surface area is 215 Å². The molecule has 2 heterocycles. The van der Waals surface area contributed by atoms with Crippen LogP contribution in [-0.2, 0) is 25.8 Å². The zero-order valence-corrected chi connectivity index (χ0v) is 21.0. The van der Waals surface area contributed by atoms with Gasteiger partial charge in [-0.2, -0.15) is 0 Å². The molecule has 1 fully saturated rings. The van der Waals surface area contributed by atoms with Crippen LogP contribution < -0.4 is 10.1 Å². The summed E-state index contributed by atoms with van der Waals surface area (Å²) in [7, 11) is -3.38. The van der Waals surface area contributed by atoms with E-state index in [0.29, 0.717) is 24.2 Å². The van der Waals surface area contributed by atoms with E-state index < -0.39 is 27.8 Å². The Morgan fingerprint density at radius 2 is 1.94 bits per heavy atom. The number of H-pyrrole nitrogens is 1. The summed E-state index contributed by atoms with van der Waals surface area (Å²) < 4.78 is 31.4. The summed E-state index contributed by atoms with van der Waals surface area (Å²) in [6, 6.07) is 13.3. The molecule has 4 aromatic rings. The van der Waals surface area contributed by atoms with Gasteiger partial charge >= 0.3 is 5.97 Å². The molecular formula is C24H20ClN3O6S2. The van der Waals surface area contributed by atoms with E-state index in [2.05, 4.69) is 15.3 Å². The quantitative estimate of drug-likeness (QED) is 0.279. The number of benzene rings is 2. The summed E-state index contributed by atoms with van der Waals surface area (Å²) >= 11 is 7.03. The molecule has 2 aromatic heterocycles. The molecule has 36 heavy (non-hydrogen) atoms. The summed E-state index contributed by atoms with van der Waals surface area (Å²) in [5.74, 6) is -1.24. The number of aromatic amines is 1. The Morgan fingerprint density at radius 3 is 2.64 bits per heavy atom. The Balaban J connectivity index is 1.44.